The molecular formula is C12H15N3O2. The van der Waals surface area contributed by atoms with Crippen molar-refractivity contribution >= 4 is 16.8 Å². The van der Waals surface area contributed by atoms with Crippen LogP contribution in [0.4, 0.5) is 0 Å². The summed E-state index contributed by atoms with van der Waals surface area (Å²) in [6.45, 7) is 1.12. The standard InChI is InChI=1S/C12H15N3O2/c13-4-1-5-14-12(17)11-7-8-6-9(16)2-3-10(8)15-11/h2-3,6-7,15-16H,1,4-5,13H2,(H,14,17). The van der Waals surface area contributed by atoms with Crippen LogP contribution in [0.25, 0.3) is 10.9 Å². The zero-order valence-electron chi connectivity index (χ0n) is 9.36. The Morgan fingerprint density at radius 1 is 1.41 bits per heavy atom. The number of rotatable bonds is 4. The van der Waals surface area contributed by atoms with Gasteiger partial charge in [-0.15, -0.1) is 0 Å². The van der Waals surface area contributed by atoms with Crippen molar-refractivity contribution in [1.29, 1.82) is 0 Å². The van der Waals surface area contributed by atoms with Crippen molar-refractivity contribution < 1.29 is 9.90 Å². The van der Waals surface area contributed by atoms with Crippen LogP contribution in [0.1, 0.15) is 16.9 Å². The number of nitrogens with one attached hydrogen (secondary N) is 2. The van der Waals surface area contributed by atoms with E-state index in [2.05, 4.69) is 10.3 Å². The number of aromatic hydroxyl groups is 1. The van der Waals surface area contributed by atoms with Crippen LogP contribution < -0.4 is 11.1 Å². The molecule has 17 heavy (non-hydrogen) atoms. The van der Waals surface area contributed by atoms with Crippen molar-refractivity contribution in [1.82, 2.24) is 10.3 Å². The monoisotopic (exact) mass is 233 g/mol. The highest BCUT2D eigenvalue weighted by molar-refractivity contribution is 5.98. The molecule has 5 heteroatoms. The first kappa shape index (κ1) is 11.5. The number of fused-ring (bicyclic) bond motifs is 1. The summed E-state index contributed by atoms with van der Waals surface area (Å²) < 4.78 is 0. The second kappa shape index (κ2) is 4.88. The van der Waals surface area contributed by atoms with Crippen LogP contribution in [0.5, 0.6) is 5.75 Å². The third kappa shape index (κ3) is 2.57. The molecule has 90 valence electrons. The Hall–Kier alpha value is -2.01. The molecule has 0 radical (unpaired) electrons. The third-order valence-corrected chi connectivity index (χ3v) is 2.52. The number of benzene rings is 1. The molecule has 0 bridgehead atoms. The first-order valence-corrected chi connectivity index (χ1v) is 5.50. The number of carbonyl (C=O) groups excluding carboxylic acids is 1. The van der Waals surface area contributed by atoms with Crippen molar-refractivity contribution in [2.45, 2.75) is 6.42 Å². The first-order chi connectivity index (χ1) is 8.20. The smallest absolute Gasteiger partial charge is 0.267 e. The number of aromatic amines is 1. The number of hydrogen-bond donors (Lipinski definition) is 4. The second-order valence-corrected chi connectivity index (χ2v) is 3.85. The lowest BCUT2D eigenvalue weighted by atomic mass is 10.2. The number of amides is 1. The minimum atomic E-state index is -0.158. The minimum absolute atomic E-state index is 0.158. The fourth-order valence-corrected chi connectivity index (χ4v) is 1.64. The minimum Gasteiger partial charge on any atom is -0.508 e. The Morgan fingerprint density at radius 2 is 2.24 bits per heavy atom. The van der Waals surface area contributed by atoms with E-state index < -0.39 is 0 Å². The number of H-pyrrole nitrogens is 1. The lowest BCUT2D eigenvalue weighted by Crippen LogP contribution is -2.26. The molecule has 1 amide bonds. The van der Waals surface area contributed by atoms with E-state index >= 15 is 0 Å². The number of hydrogen-bond acceptors (Lipinski definition) is 3. The van der Waals surface area contributed by atoms with Crippen LogP contribution in [0.15, 0.2) is 24.3 Å². The van der Waals surface area contributed by atoms with Crippen LogP contribution in [0.2, 0.25) is 0 Å². The summed E-state index contributed by atoms with van der Waals surface area (Å²) in [5.41, 5.74) is 6.66. The number of aromatic nitrogens is 1. The maximum absolute atomic E-state index is 11.7. The highest BCUT2D eigenvalue weighted by atomic mass is 16.3. The average molecular weight is 233 g/mol. The quantitative estimate of drug-likeness (QED) is 0.592. The number of carbonyl (C=O) groups is 1. The summed E-state index contributed by atoms with van der Waals surface area (Å²) in [4.78, 5) is 14.7. The third-order valence-electron chi connectivity index (χ3n) is 2.52. The van der Waals surface area contributed by atoms with Crippen LogP contribution in [0.3, 0.4) is 0 Å². The molecule has 0 unspecified atom stereocenters. The van der Waals surface area contributed by atoms with Gasteiger partial charge in [0.15, 0.2) is 0 Å². The van der Waals surface area contributed by atoms with Crippen LogP contribution in [-0.4, -0.2) is 29.1 Å². The highest BCUT2D eigenvalue weighted by Gasteiger charge is 2.08. The number of nitrogens with two attached hydrogens (primary N) is 1. The molecule has 0 saturated carbocycles. The summed E-state index contributed by atoms with van der Waals surface area (Å²) in [6.07, 6.45) is 0.757. The fraction of sp³-hybridized carbons (Fsp3) is 0.250. The van der Waals surface area contributed by atoms with Gasteiger partial charge in [0, 0.05) is 17.4 Å². The molecule has 0 atom stereocenters. The van der Waals surface area contributed by atoms with Crippen molar-refractivity contribution in [2.75, 3.05) is 13.1 Å². The molecule has 5 nitrogen and oxygen atoms in total. The summed E-state index contributed by atoms with van der Waals surface area (Å²) in [5.74, 6) is 0.0285. The molecule has 1 heterocycles. The van der Waals surface area contributed by atoms with Crippen LogP contribution in [0, 0.1) is 0 Å². The van der Waals surface area contributed by atoms with Gasteiger partial charge in [-0.2, -0.15) is 0 Å². The van der Waals surface area contributed by atoms with E-state index in [1.807, 2.05) is 0 Å². The second-order valence-electron chi connectivity index (χ2n) is 3.85. The molecule has 2 aromatic rings. The van der Waals surface area contributed by atoms with Gasteiger partial charge in [0.1, 0.15) is 11.4 Å². The van der Waals surface area contributed by atoms with E-state index in [1.54, 1.807) is 24.3 Å². The van der Waals surface area contributed by atoms with Crippen molar-refractivity contribution in [2.24, 2.45) is 5.73 Å². The molecule has 0 fully saturated rings. The van der Waals surface area contributed by atoms with E-state index in [0.29, 0.717) is 18.8 Å². The van der Waals surface area contributed by atoms with E-state index in [4.69, 9.17) is 5.73 Å². The maximum Gasteiger partial charge on any atom is 0.267 e. The number of phenolic OH excluding ortho intramolecular Hbond substituents is 1. The summed E-state index contributed by atoms with van der Waals surface area (Å²) in [5, 5.41) is 12.9. The Kier molecular flexibility index (Phi) is 3.30. The zero-order chi connectivity index (χ0) is 12.3. The fourth-order valence-electron chi connectivity index (χ4n) is 1.64. The van der Waals surface area contributed by atoms with Crippen molar-refractivity contribution in [3.05, 3.63) is 30.0 Å². The molecule has 0 saturated heterocycles. The van der Waals surface area contributed by atoms with Gasteiger partial charge < -0.3 is 21.1 Å². The van der Waals surface area contributed by atoms with Crippen LogP contribution in [-0.2, 0) is 0 Å². The molecule has 1 aromatic heterocycles. The zero-order valence-corrected chi connectivity index (χ0v) is 9.36. The average Bonchev–Trinajstić information content (AvgIpc) is 2.72. The predicted molar refractivity (Wildman–Crippen MR) is 66.0 cm³/mol. The summed E-state index contributed by atoms with van der Waals surface area (Å²) in [7, 11) is 0. The Labute approximate surface area is 98.6 Å². The highest BCUT2D eigenvalue weighted by Crippen LogP contribution is 2.20. The Balaban J connectivity index is 2.15. The molecule has 1 aromatic carbocycles. The molecule has 0 aliphatic rings. The van der Waals surface area contributed by atoms with Crippen LogP contribution >= 0.6 is 0 Å². The maximum atomic E-state index is 11.7. The molecule has 2 rings (SSSR count). The Morgan fingerprint density at radius 3 is 3.00 bits per heavy atom. The molecular weight excluding hydrogens is 218 g/mol. The Bertz CT molecular complexity index is 534. The lowest BCUT2D eigenvalue weighted by Gasteiger charge is -2.01. The molecule has 0 aliphatic carbocycles. The van der Waals surface area contributed by atoms with Gasteiger partial charge in [0.05, 0.1) is 0 Å². The van der Waals surface area contributed by atoms with E-state index in [1.165, 1.54) is 0 Å². The SMILES string of the molecule is NCCCNC(=O)c1cc2cc(O)ccc2[nH]1. The summed E-state index contributed by atoms with van der Waals surface area (Å²) in [6, 6.07) is 6.64. The number of phenols is 1. The van der Waals surface area contributed by atoms with Gasteiger partial charge in [0.2, 0.25) is 0 Å². The van der Waals surface area contributed by atoms with Crippen molar-refractivity contribution in [3.63, 3.8) is 0 Å². The normalized spacial score (nSPS) is 10.6. The molecule has 5 N–H and O–H groups in total. The van der Waals surface area contributed by atoms with Gasteiger partial charge in [-0.25, -0.2) is 0 Å². The predicted octanol–water partition coefficient (Wildman–Crippen LogP) is 0.952. The van der Waals surface area contributed by atoms with Gasteiger partial charge >= 0.3 is 0 Å². The van der Waals surface area contributed by atoms with E-state index in [-0.39, 0.29) is 11.7 Å². The van der Waals surface area contributed by atoms with Gasteiger partial charge in [0.25, 0.3) is 5.91 Å². The lowest BCUT2D eigenvalue weighted by molar-refractivity contribution is 0.0949. The van der Waals surface area contributed by atoms with Gasteiger partial charge in [-0.05, 0) is 37.2 Å². The topological polar surface area (TPSA) is 91.1 Å². The van der Waals surface area contributed by atoms with Gasteiger partial charge in [-0.1, -0.05) is 0 Å². The molecule has 0 spiro atoms. The first-order valence-electron chi connectivity index (χ1n) is 5.50. The van der Waals surface area contributed by atoms with E-state index in [9.17, 15) is 9.90 Å². The summed E-state index contributed by atoms with van der Waals surface area (Å²) >= 11 is 0. The van der Waals surface area contributed by atoms with Gasteiger partial charge in [-0.3, -0.25) is 4.79 Å². The largest absolute Gasteiger partial charge is 0.508 e. The van der Waals surface area contributed by atoms with E-state index in [0.717, 1.165) is 17.3 Å². The molecule has 0 aliphatic heterocycles. The van der Waals surface area contributed by atoms with Crippen molar-refractivity contribution in [3.8, 4) is 5.75 Å².